The second kappa shape index (κ2) is 5.83. The van der Waals surface area contributed by atoms with E-state index in [1.54, 1.807) is 0 Å². The lowest BCUT2D eigenvalue weighted by atomic mass is 10.1. The van der Waals surface area contributed by atoms with Crippen LogP contribution in [0.4, 0.5) is 0 Å². The Labute approximate surface area is 109 Å². The molecule has 1 aromatic carbocycles. The van der Waals surface area contributed by atoms with E-state index in [2.05, 4.69) is 47.9 Å². The third kappa shape index (κ3) is 2.79. The minimum absolute atomic E-state index is 0.573. The van der Waals surface area contributed by atoms with Crippen LogP contribution in [0.25, 0.3) is 0 Å². The molecular formula is C15H21N3. The Morgan fingerprint density at radius 2 is 2.17 bits per heavy atom. The maximum Gasteiger partial charge on any atom is 0.0662 e. The predicted octanol–water partition coefficient (Wildman–Crippen LogP) is 2.65. The van der Waals surface area contributed by atoms with E-state index in [-0.39, 0.29) is 0 Å². The van der Waals surface area contributed by atoms with Crippen LogP contribution < -0.4 is 5.73 Å². The molecule has 0 amide bonds. The number of nitrogens with two attached hydrogens (primary N) is 1. The molecule has 3 heteroatoms. The maximum atomic E-state index is 5.76. The van der Waals surface area contributed by atoms with E-state index in [4.69, 9.17) is 5.73 Å². The molecule has 2 rings (SSSR count). The molecule has 0 atom stereocenters. The first-order valence-electron chi connectivity index (χ1n) is 6.53. The molecular weight excluding hydrogens is 222 g/mol. The molecule has 0 spiro atoms. The van der Waals surface area contributed by atoms with Gasteiger partial charge in [0.05, 0.1) is 12.7 Å². The van der Waals surface area contributed by atoms with E-state index in [0.29, 0.717) is 6.54 Å². The SMILES string of the molecule is CCCc1c(CN)cnn1Cc1cccc(C)c1. The van der Waals surface area contributed by atoms with Gasteiger partial charge in [-0.05, 0) is 18.9 Å². The number of benzene rings is 1. The van der Waals surface area contributed by atoms with Crippen molar-refractivity contribution in [3.63, 3.8) is 0 Å². The highest BCUT2D eigenvalue weighted by Crippen LogP contribution is 2.13. The summed E-state index contributed by atoms with van der Waals surface area (Å²) in [5, 5.41) is 4.47. The first kappa shape index (κ1) is 12.8. The van der Waals surface area contributed by atoms with Crippen LogP contribution in [-0.2, 0) is 19.5 Å². The van der Waals surface area contributed by atoms with Gasteiger partial charge in [-0.25, -0.2) is 0 Å². The Bertz CT molecular complexity index is 514. The minimum atomic E-state index is 0.573. The van der Waals surface area contributed by atoms with Crippen LogP contribution in [0.2, 0.25) is 0 Å². The minimum Gasteiger partial charge on any atom is -0.326 e. The Kier molecular flexibility index (Phi) is 4.15. The Morgan fingerprint density at radius 1 is 1.33 bits per heavy atom. The summed E-state index contributed by atoms with van der Waals surface area (Å²) in [6.07, 6.45) is 4.06. The first-order chi connectivity index (χ1) is 8.74. The quantitative estimate of drug-likeness (QED) is 0.877. The van der Waals surface area contributed by atoms with Crippen molar-refractivity contribution in [1.29, 1.82) is 0 Å². The molecule has 0 aliphatic carbocycles. The summed E-state index contributed by atoms with van der Waals surface area (Å²) < 4.78 is 2.08. The van der Waals surface area contributed by atoms with Gasteiger partial charge in [0, 0.05) is 17.8 Å². The number of hydrogen-bond acceptors (Lipinski definition) is 2. The summed E-state index contributed by atoms with van der Waals surface area (Å²) in [6, 6.07) is 8.56. The molecule has 1 aromatic heterocycles. The van der Waals surface area contributed by atoms with E-state index >= 15 is 0 Å². The molecule has 2 aromatic rings. The van der Waals surface area contributed by atoms with E-state index in [1.807, 2.05) is 6.20 Å². The van der Waals surface area contributed by atoms with E-state index in [0.717, 1.165) is 19.4 Å². The van der Waals surface area contributed by atoms with Crippen molar-refractivity contribution in [2.75, 3.05) is 0 Å². The van der Waals surface area contributed by atoms with Crippen LogP contribution in [0.3, 0.4) is 0 Å². The highest BCUT2D eigenvalue weighted by Gasteiger charge is 2.09. The van der Waals surface area contributed by atoms with Crippen molar-refractivity contribution in [2.45, 2.75) is 39.8 Å². The van der Waals surface area contributed by atoms with Crippen LogP contribution >= 0.6 is 0 Å². The van der Waals surface area contributed by atoms with Gasteiger partial charge in [0.2, 0.25) is 0 Å². The summed E-state index contributed by atoms with van der Waals surface area (Å²) in [5.74, 6) is 0. The van der Waals surface area contributed by atoms with Crippen molar-refractivity contribution in [3.8, 4) is 0 Å². The average molecular weight is 243 g/mol. The molecule has 0 bridgehead atoms. The largest absolute Gasteiger partial charge is 0.326 e. The summed E-state index contributed by atoms with van der Waals surface area (Å²) in [4.78, 5) is 0. The second-order valence-corrected chi connectivity index (χ2v) is 4.72. The Morgan fingerprint density at radius 3 is 2.83 bits per heavy atom. The highest BCUT2D eigenvalue weighted by atomic mass is 15.3. The zero-order valence-electron chi connectivity index (χ0n) is 11.2. The fourth-order valence-electron chi connectivity index (χ4n) is 2.27. The van der Waals surface area contributed by atoms with Gasteiger partial charge in [0.15, 0.2) is 0 Å². The van der Waals surface area contributed by atoms with Crippen LogP contribution in [0.15, 0.2) is 30.5 Å². The molecule has 2 N–H and O–H groups in total. The molecule has 0 radical (unpaired) electrons. The number of aryl methyl sites for hydroxylation is 1. The summed E-state index contributed by atoms with van der Waals surface area (Å²) >= 11 is 0. The van der Waals surface area contributed by atoms with Crippen molar-refractivity contribution in [1.82, 2.24) is 9.78 Å². The topological polar surface area (TPSA) is 43.8 Å². The first-order valence-corrected chi connectivity index (χ1v) is 6.53. The summed E-state index contributed by atoms with van der Waals surface area (Å²) in [7, 11) is 0. The fraction of sp³-hybridized carbons (Fsp3) is 0.400. The number of rotatable bonds is 5. The zero-order valence-corrected chi connectivity index (χ0v) is 11.2. The highest BCUT2D eigenvalue weighted by molar-refractivity contribution is 5.24. The van der Waals surface area contributed by atoms with Crippen molar-refractivity contribution in [3.05, 3.63) is 52.8 Å². The third-order valence-corrected chi connectivity index (χ3v) is 3.16. The lowest BCUT2D eigenvalue weighted by Gasteiger charge is -2.09. The van der Waals surface area contributed by atoms with Gasteiger partial charge < -0.3 is 5.73 Å². The van der Waals surface area contributed by atoms with Gasteiger partial charge in [-0.15, -0.1) is 0 Å². The van der Waals surface area contributed by atoms with E-state index < -0.39 is 0 Å². The standard InChI is InChI=1S/C15H21N3/c1-3-5-15-14(9-16)10-17-18(15)11-13-7-4-6-12(2)8-13/h4,6-8,10H,3,5,9,11,16H2,1-2H3. The zero-order chi connectivity index (χ0) is 13.0. The van der Waals surface area contributed by atoms with Crippen LogP contribution in [0, 0.1) is 6.92 Å². The van der Waals surface area contributed by atoms with Crippen molar-refractivity contribution >= 4 is 0 Å². The smallest absolute Gasteiger partial charge is 0.0662 e. The van der Waals surface area contributed by atoms with Gasteiger partial charge in [-0.1, -0.05) is 43.2 Å². The van der Waals surface area contributed by atoms with Crippen LogP contribution in [0.5, 0.6) is 0 Å². The Balaban J connectivity index is 2.25. The molecule has 0 aliphatic heterocycles. The van der Waals surface area contributed by atoms with Crippen LogP contribution in [-0.4, -0.2) is 9.78 Å². The van der Waals surface area contributed by atoms with Gasteiger partial charge in [-0.3, -0.25) is 4.68 Å². The number of aromatic nitrogens is 2. The van der Waals surface area contributed by atoms with Gasteiger partial charge in [0.1, 0.15) is 0 Å². The molecule has 0 saturated carbocycles. The molecule has 0 aliphatic rings. The summed E-state index contributed by atoms with van der Waals surface area (Å²) in [5.41, 5.74) is 10.8. The molecule has 0 fully saturated rings. The summed E-state index contributed by atoms with van der Waals surface area (Å²) in [6.45, 7) is 5.70. The Hall–Kier alpha value is -1.61. The molecule has 18 heavy (non-hydrogen) atoms. The molecule has 0 saturated heterocycles. The number of nitrogens with zero attached hydrogens (tertiary/aromatic N) is 2. The maximum absolute atomic E-state index is 5.76. The third-order valence-electron chi connectivity index (χ3n) is 3.16. The van der Waals surface area contributed by atoms with Crippen LogP contribution in [0.1, 0.15) is 35.7 Å². The fourth-order valence-corrected chi connectivity index (χ4v) is 2.27. The lowest BCUT2D eigenvalue weighted by Crippen LogP contribution is -2.09. The average Bonchev–Trinajstić information content (AvgIpc) is 2.72. The molecule has 1 heterocycles. The molecule has 3 nitrogen and oxygen atoms in total. The monoisotopic (exact) mass is 243 g/mol. The normalized spacial score (nSPS) is 10.8. The van der Waals surface area contributed by atoms with Crippen molar-refractivity contribution < 1.29 is 0 Å². The lowest BCUT2D eigenvalue weighted by molar-refractivity contribution is 0.634. The van der Waals surface area contributed by atoms with Crippen molar-refractivity contribution in [2.24, 2.45) is 5.73 Å². The number of hydrogen-bond donors (Lipinski definition) is 1. The second-order valence-electron chi connectivity index (χ2n) is 4.72. The van der Waals surface area contributed by atoms with Gasteiger partial charge >= 0.3 is 0 Å². The van der Waals surface area contributed by atoms with Gasteiger partial charge in [0.25, 0.3) is 0 Å². The van der Waals surface area contributed by atoms with E-state index in [1.165, 1.54) is 22.4 Å². The molecule has 96 valence electrons. The van der Waals surface area contributed by atoms with E-state index in [9.17, 15) is 0 Å². The molecule has 0 unspecified atom stereocenters. The predicted molar refractivity (Wildman–Crippen MR) is 74.4 cm³/mol. The van der Waals surface area contributed by atoms with Gasteiger partial charge in [-0.2, -0.15) is 5.10 Å².